The Kier molecular flexibility index (Phi) is 7.14. The summed E-state index contributed by atoms with van der Waals surface area (Å²) in [7, 11) is 0. The van der Waals surface area contributed by atoms with Crippen molar-refractivity contribution in [2.24, 2.45) is 0 Å². The van der Waals surface area contributed by atoms with Crippen LogP contribution in [0.1, 0.15) is 37.1 Å². The first-order valence-electron chi connectivity index (χ1n) is 7.31. The number of carbonyl (C=O) groups is 1. The first-order chi connectivity index (χ1) is 11.1. The Morgan fingerprint density at radius 3 is 1.84 bits per heavy atom. The van der Waals surface area contributed by atoms with Crippen LogP contribution >= 0.6 is 0 Å². The molecule has 4 rings (SSSR count). The SMILES string of the molecule is N#CC1(c2cnccn2)CC1.O=C(O)C1(c2cnccn2)CC1.[Na+].[OH-]. The van der Waals surface area contributed by atoms with E-state index in [1.165, 1.54) is 12.4 Å². The smallest absolute Gasteiger partial charge is 0.870 e. The van der Waals surface area contributed by atoms with Crippen LogP contribution in [0.15, 0.2) is 37.2 Å². The van der Waals surface area contributed by atoms with Crippen molar-refractivity contribution in [2.75, 3.05) is 0 Å². The van der Waals surface area contributed by atoms with E-state index in [4.69, 9.17) is 10.4 Å². The van der Waals surface area contributed by atoms with Gasteiger partial charge in [-0.3, -0.25) is 24.7 Å². The van der Waals surface area contributed by atoms with Crippen molar-refractivity contribution in [1.82, 2.24) is 19.9 Å². The zero-order valence-corrected chi connectivity index (χ0v) is 15.8. The van der Waals surface area contributed by atoms with Crippen molar-refractivity contribution in [3.8, 4) is 6.07 Å². The minimum absolute atomic E-state index is 0. The van der Waals surface area contributed by atoms with Gasteiger partial charge in [0.25, 0.3) is 0 Å². The fourth-order valence-corrected chi connectivity index (χ4v) is 2.35. The molecule has 2 saturated carbocycles. The van der Waals surface area contributed by atoms with Gasteiger partial charge >= 0.3 is 35.5 Å². The van der Waals surface area contributed by atoms with E-state index in [0.717, 1.165) is 18.5 Å². The van der Waals surface area contributed by atoms with Crippen LogP contribution in [0.3, 0.4) is 0 Å². The van der Waals surface area contributed by atoms with E-state index in [-0.39, 0.29) is 40.4 Å². The molecule has 2 N–H and O–H groups in total. The van der Waals surface area contributed by atoms with Crippen LogP contribution in [0.4, 0.5) is 0 Å². The molecule has 0 spiro atoms. The number of hydrogen-bond acceptors (Lipinski definition) is 7. The molecule has 0 aromatic carbocycles. The summed E-state index contributed by atoms with van der Waals surface area (Å²) in [6, 6.07) is 2.27. The van der Waals surface area contributed by atoms with Crippen LogP contribution in [0.5, 0.6) is 0 Å². The van der Waals surface area contributed by atoms with Gasteiger partial charge in [0.1, 0.15) is 10.8 Å². The molecule has 2 aliphatic rings. The molecule has 9 heteroatoms. The number of nitrogens with zero attached hydrogens (tertiary/aromatic N) is 5. The zero-order chi connectivity index (χ0) is 16.3. The van der Waals surface area contributed by atoms with Gasteiger partial charge < -0.3 is 10.6 Å². The van der Waals surface area contributed by atoms with Crippen molar-refractivity contribution in [2.45, 2.75) is 36.5 Å². The third kappa shape index (κ3) is 4.38. The van der Waals surface area contributed by atoms with Gasteiger partial charge in [-0.1, -0.05) is 0 Å². The Bertz CT molecular complexity index is 743. The Balaban J connectivity index is 0.000000232. The predicted molar refractivity (Wildman–Crippen MR) is 81.1 cm³/mol. The topological polar surface area (TPSA) is 143 Å². The monoisotopic (exact) mass is 349 g/mol. The zero-order valence-electron chi connectivity index (χ0n) is 13.8. The Hall–Kier alpha value is -1.92. The third-order valence-electron chi connectivity index (χ3n) is 4.23. The molecule has 0 bridgehead atoms. The average Bonchev–Trinajstić information content (AvgIpc) is 3.51. The average molecular weight is 349 g/mol. The molecule has 0 atom stereocenters. The van der Waals surface area contributed by atoms with Gasteiger partial charge in [-0.05, 0) is 25.7 Å². The maximum Gasteiger partial charge on any atom is 1.00 e. The number of aliphatic carboxylic acids is 1. The van der Waals surface area contributed by atoms with Gasteiger partial charge in [0, 0.05) is 37.2 Å². The van der Waals surface area contributed by atoms with Gasteiger partial charge in [-0.25, -0.2) is 0 Å². The van der Waals surface area contributed by atoms with Crippen molar-refractivity contribution in [3.05, 3.63) is 48.6 Å². The van der Waals surface area contributed by atoms with Crippen molar-refractivity contribution in [1.29, 1.82) is 5.26 Å². The van der Waals surface area contributed by atoms with Gasteiger partial charge in [-0.15, -0.1) is 0 Å². The van der Waals surface area contributed by atoms with E-state index in [9.17, 15) is 4.79 Å². The first kappa shape index (κ1) is 21.1. The summed E-state index contributed by atoms with van der Waals surface area (Å²) in [5.74, 6) is -0.789. The minimum atomic E-state index is -0.789. The molecular formula is C16H16N5NaO3. The Labute approximate surface area is 167 Å². The van der Waals surface area contributed by atoms with Crippen molar-refractivity contribution in [3.63, 3.8) is 0 Å². The standard InChI is InChI=1S/C8H7N3.C8H8N2O2.Na.H2O/c9-6-8(1-2-8)7-5-10-3-4-11-7;11-7(12)8(1-2-8)6-5-9-3-4-10-6;;/h3-5H,1-2H2;3-5H,1-2H2,(H,11,12);;1H2/q;;+1;/p-1. The molecule has 124 valence electrons. The molecule has 0 unspecified atom stereocenters. The van der Waals surface area contributed by atoms with Crippen LogP contribution in [-0.2, 0) is 15.6 Å². The minimum Gasteiger partial charge on any atom is -0.870 e. The molecular weight excluding hydrogens is 333 g/mol. The summed E-state index contributed by atoms with van der Waals surface area (Å²) in [5.41, 5.74) is 0.405. The Morgan fingerprint density at radius 1 is 1.00 bits per heavy atom. The molecule has 2 aromatic rings. The Morgan fingerprint density at radius 2 is 1.52 bits per heavy atom. The number of aromatic nitrogens is 4. The van der Waals surface area contributed by atoms with Gasteiger partial charge in [0.05, 0.1) is 17.5 Å². The summed E-state index contributed by atoms with van der Waals surface area (Å²) >= 11 is 0. The van der Waals surface area contributed by atoms with Gasteiger partial charge in [0.15, 0.2) is 0 Å². The molecule has 25 heavy (non-hydrogen) atoms. The van der Waals surface area contributed by atoms with E-state index < -0.39 is 11.4 Å². The number of hydrogen-bond donors (Lipinski definition) is 1. The maximum atomic E-state index is 10.8. The van der Waals surface area contributed by atoms with Gasteiger partial charge in [-0.2, -0.15) is 5.26 Å². The van der Waals surface area contributed by atoms with Gasteiger partial charge in [0.2, 0.25) is 0 Å². The second kappa shape index (κ2) is 8.45. The van der Waals surface area contributed by atoms with Crippen LogP contribution in [0, 0.1) is 11.3 Å². The number of carboxylic acids is 1. The predicted octanol–water partition coefficient (Wildman–Crippen LogP) is -1.55. The molecule has 0 aliphatic heterocycles. The van der Waals surface area contributed by atoms with Crippen LogP contribution in [0.25, 0.3) is 0 Å². The van der Waals surface area contributed by atoms with E-state index in [2.05, 4.69) is 26.0 Å². The largest absolute Gasteiger partial charge is 1.00 e. The molecule has 0 amide bonds. The second-order valence-corrected chi connectivity index (χ2v) is 5.76. The van der Waals surface area contributed by atoms with Crippen molar-refractivity contribution < 1.29 is 44.9 Å². The van der Waals surface area contributed by atoms with Crippen LogP contribution in [0.2, 0.25) is 0 Å². The molecule has 2 aliphatic carbocycles. The van der Waals surface area contributed by atoms with E-state index >= 15 is 0 Å². The quantitative estimate of drug-likeness (QED) is 0.656. The normalized spacial score (nSPS) is 17.2. The second-order valence-electron chi connectivity index (χ2n) is 5.76. The molecule has 2 fully saturated rings. The third-order valence-corrected chi connectivity index (χ3v) is 4.23. The van der Waals surface area contributed by atoms with E-state index in [0.29, 0.717) is 18.5 Å². The maximum absolute atomic E-state index is 10.8. The number of nitriles is 1. The molecule has 2 heterocycles. The summed E-state index contributed by atoms with van der Waals surface area (Å²) in [6.45, 7) is 0. The fraction of sp³-hybridized carbons (Fsp3) is 0.375. The number of rotatable bonds is 3. The van der Waals surface area contributed by atoms with E-state index in [1.54, 1.807) is 24.8 Å². The molecule has 8 nitrogen and oxygen atoms in total. The number of carboxylic acid groups (broad SMARTS) is 1. The van der Waals surface area contributed by atoms with Crippen LogP contribution in [-0.4, -0.2) is 36.5 Å². The summed E-state index contributed by atoms with van der Waals surface area (Å²) in [6.07, 6.45) is 12.8. The summed E-state index contributed by atoms with van der Waals surface area (Å²) < 4.78 is 0. The molecule has 2 aromatic heterocycles. The van der Waals surface area contributed by atoms with Crippen LogP contribution < -0.4 is 29.6 Å². The fourth-order valence-electron chi connectivity index (χ4n) is 2.35. The molecule has 0 radical (unpaired) electrons. The van der Waals surface area contributed by atoms with Crippen molar-refractivity contribution >= 4 is 5.97 Å². The molecule has 0 saturated heterocycles. The summed E-state index contributed by atoms with van der Waals surface area (Å²) in [5, 5.41) is 17.7. The summed E-state index contributed by atoms with van der Waals surface area (Å²) in [4.78, 5) is 26.7. The first-order valence-corrected chi connectivity index (χ1v) is 7.31. The van der Waals surface area contributed by atoms with E-state index in [1.807, 2.05) is 0 Å².